The Kier molecular flexibility index (Phi) is 7.22. The molecule has 152 valence electrons. The van der Waals surface area contributed by atoms with Crippen molar-refractivity contribution in [1.29, 1.82) is 5.26 Å². The molecule has 8 heteroatoms. The number of carbonyl (C=O) groups is 1. The molecule has 1 saturated heterocycles. The summed E-state index contributed by atoms with van der Waals surface area (Å²) in [4.78, 5) is 22.5. The minimum absolute atomic E-state index is 0.0159. The van der Waals surface area contributed by atoms with Crippen LogP contribution >= 0.6 is 0 Å². The number of carbonyl (C=O) groups excluding carboxylic acids is 1. The molecule has 0 saturated carbocycles. The third-order valence-electron chi connectivity index (χ3n) is 4.79. The van der Waals surface area contributed by atoms with E-state index in [1.54, 1.807) is 18.3 Å². The van der Waals surface area contributed by atoms with Gasteiger partial charge in [0.05, 0.1) is 6.61 Å². The number of piperidine rings is 1. The zero-order valence-electron chi connectivity index (χ0n) is 16.5. The molecule has 2 aromatic rings. The molecule has 0 spiro atoms. The van der Waals surface area contributed by atoms with Crippen LogP contribution in [-0.4, -0.2) is 48.7 Å². The Morgan fingerprint density at radius 1 is 1.17 bits per heavy atom. The van der Waals surface area contributed by atoms with Gasteiger partial charge in [0.2, 0.25) is 0 Å². The number of anilines is 1. The second-order valence-corrected chi connectivity index (χ2v) is 6.77. The first-order chi connectivity index (χ1) is 14.2. The summed E-state index contributed by atoms with van der Waals surface area (Å²) in [6.07, 6.45) is 4.97. The summed E-state index contributed by atoms with van der Waals surface area (Å²) < 4.78 is 10.9. The topological polar surface area (TPSA) is 100 Å². The molecule has 1 amide bonds. The van der Waals surface area contributed by atoms with Crippen LogP contribution in [0.25, 0.3) is 0 Å². The normalized spacial score (nSPS) is 14.1. The van der Waals surface area contributed by atoms with Gasteiger partial charge in [0, 0.05) is 32.0 Å². The summed E-state index contributed by atoms with van der Waals surface area (Å²) in [7, 11) is 0. The Balaban J connectivity index is 1.37. The predicted molar refractivity (Wildman–Crippen MR) is 108 cm³/mol. The lowest BCUT2D eigenvalue weighted by Gasteiger charge is -2.32. The molecule has 1 fully saturated rings. The molecule has 0 radical (unpaired) electrons. The smallest absolute Gasteiger partial charge is 0.257 e. The quantitative estimate of drug-likeness (QED) is 0.731. The van der Waals surface area contributed by atoms with E-state index in [0.717, 1.165) is 31.7 Å². The lowest BCUT2D eigenvalue weighted by Crippen LogP contribution is -2.40. The van der Waals surface area contributed by atoms with Crippen LogP contribution in [0.3, 0.4) is 0 Å². The molecule has 1 aliphatic heterocycles. The van der Waals surface area contributed by atoms with E-state index in [4.69, 9.17) is 9.47 Å². The van der Waals surface area contributed by atoms with Gasteiger partial charge >= 0.3 is 0 Å². The van der Waals surface area contributed by atoms with E-state index in [-0.39, 0.29) is 12.5 Å². The van der Waals surface area contributed by atoms with Crippen LogP contribution in [-0.2, 0) is 4.79 Å². The van der Waals surface area contributed by atoms with Crippen molar-refractivity contribution in [3.8, 4) is 17.6 Å². The molecule has 2 heterocycles. The zero-order valence-corrected chi connectivity index (χ0v) is 16.5. The average molecular weight is 395 g/mol. The van der Waals surface area contributed by atoms with E-state index >= 15 is 0 Å². The molecule has 29 heavy (non-hydrogen) atoms. The standard InChI is InChI=1S/C21H25N5O3/c1-2-28-17-3-5-18(6-4-17)29-15-20(27)25-14-16-7-11-26(12-8-16)21-19(13-22)23-9-10-24-21/h3-6,9-10,16H,2,7-8,11-12,14-15H2,1H3,(H,25,27). The van der Waals surface area contributed by atoms with Crippen LogP contribution in [0.1, 0.15) is 25.5 Å². The number of nitrogens with zero attached hydrogens (tertiary/aromatic N) is 4. The van der Waals surface area contributed by atoms with Crippen molar-refractivity contribution in [3.63, 3.8) is 0 Å². The van der Waals surface area contributed by atoms with Crippen LogP contribution < -0.4 is 19.7 Å². The second-order valence-electron chi connectivity index (χ2n) is 6.77. The fourth-order valence-corrected chi connectivity index (χ4v) is 3.25. The molecule has 8 nitrogen and oxygen atoms in total. The molecular weight excluding hydrogens is 370 g/mol. The van der Waals surface area contributed by atoms with E-state index in [1.165, 1.54) is 6.20 Å². The number of hydrogen-bond donors (Lipinski definition) is 1. The summed E-state index contributed by atoms with van der Waals surface area (Å²) in [6.45, 7) is 4.72. The van der Waals surface area contributed by atoms with Gasteiger partial charge in [-0.05, 0) is 49.9 Å². The minimum atomic E-state index is -0.137. The average Bonchev–Trinajstić information content (AvgIpc) is 2.78. The highest BCUT2D eigenvalue weighted by molar-refractivity contribution is 5.77. The maximum absolute atomic E-state index is 12.1. The zero-order chi connectivity index (χ0) is 20.5. The monoisotopic (exact) mass is 395 g/mol. The number of nitriles is 1. The molecule has 1 aromatic carbocycles. The number of amides is 1. The number of ether oxygens (including phenoxy) is 2. The van der Waals surface area contributed by atoms with E-state index in [0.29, 0.717) is 36.3 Å². The van der Waals surface area contributed by atoms with Crippen LogP contribution in [0.5, 0.6) is 11.5 Å². The summed E-state index contributed by atoms with van der Waals surface area (Å²) in [6, 6.07) is 9.30. The van der Waals surface area contributed by atoms with Crippen molar-refractivity contribution < 1.29 is 14.3 Å². The Bertz CT molecular complexity index is 842. The second kappa shape index (κ2) is 10.3. The molecule has 0 unspecified atom stereocenters. The molecule has 1 aromatic heterocycles. The Morgan fingerprint density at radius 3 is 2.48 bits per heavy atom. The van der Waals surface area contributed by atoms with E-state index < -0.39 is 0 Å². The highest BCUT2D eigenvalue weighted by atomic mass is 16.5. The third kappa shape index (κ3) is 5.82. The van der Waals surface area contributed by atoms with Crippen molar-refractivity contribution in [3.05, 3.63) is 42.4 Å². The molecular formula is C21H25N5O3. The highest BCUT2D eigenvalue weighted by Crippen LogP contribution is 2.23. The predicted octanol–water partition coefficient (Wildman–Crippen LogP) is 2.16. The Hall–Kier alpha value is -3.34. The van der Waals surface area contributed by atoms with E-state index in [2.05, 4.69) is 26.3 Å². The van der Waals surface area contributed by atoms with Crippen molar-refractivity contribution in [1.82, 2.24) is 15.3 Å². The molecule has 1 aliphatic rings. The van der Waals surface area contributed by atoms with Crippen molar-refractivity contribution in [2.75, 3.05) is 37.7 Å². The first-order valence-corrected chi connectivity index (χ1v) is 9.78. The van der Waals surface area contributed by atoms with Crippen molar-refractivity contribution in [2.45, 2.75) is 19.8 Å². The summed E-state index contributed by atoms with van der Waals surface area (Å²) >= 11 is 0. The molecule has 0 bridgehead atoms. The van der Waals surface area contributed by atoms with Gasteiger partial charge in [-0.2, -0.15) is 5.26 Å². The third-order valence-corrected chi connectivity index (χ3v) is 4.79. The van der Waals surface area contributed by atoms with Gasteiger partial charge in [-0.25, -0.2) is 9.97 Å². The van der Waals surface area contributed by atoms with Gasteiger partial charge in [-0.3, -0.25) is 4.79 Å². The Labute approximate surface area is 170 Å². The Morgan fingerprint density at radius 2 is 1.83 bits per heavy atom. The maximum atomic E-state index is 12.1. The summed E-state index contributed by atoms with van der Waals surface area (Å²) in [5.41, 5.74) is 0.352. The van der Waals surface area contributed by atoms with Gasteiger partial charge in [0.15, 0.2) is 18.1 Å². The van der Waals surface area contributed by atoms with Crippen LogP contribution in [0.2, 0.25) is 0 Å². The largest absolute Gasteiger partial charge is 0.494 e. The fourth-order valence-electron chi connectivity index (χ4n) is 3.25. The van der Waals surface area contributed by atoms with Gasteiger partial charge < -0.3 is 19.7 Å². The number of aromatic nitrogens is 2. The van der Waals surface area contributed by atoms with E-state index in [9.17, 15) is 10.1 Å². The number of rotatable bonds is 8. The van der Waals surface area contributed by atoms with Crippen molar-refractivity contribution in [2.24, 2.45) is 5.92 Å². The van der Waals surface area contributed by atoms with Crippen LogP contribution in [0.4, 0.5) is 5.82 Å². The first kappa shape index (κ1) is 20.4. The van der Waals surface area contributed by atoms with Gasteiger partial charge in [0.25, 0.3) is 5.91 Å². The fraction of sp³-hybridized carbons (Fsp3) is 0.429. The van der Waals surface area contributed by atoms with Crippen LogP contribution in [0, 0.1) is 17.2 Å². The van der Waals surface area contributed by atoms with Gasteiger partial charge in [-0.1, -0.05) is 0 Å². The van der Waals surface area contributed by atoms with Gasteiger partial charge in [-0.15, -0.1) is 0 Å². The summed E-state index contributed by atoms with van der Waals surface area (Å²) in [5.74, 6) is 2.30. The number of nitrogens with one attached hydrogen (secondary N) is 1. The SMILES string of the molecule is CCOc1ccc(OCC(=O)NCC2CCN(c3nccnc3C#N)CC2)cc1. The van der Waals surface area contributed by atoms with Crippen LogP contribution in [0.15, 0.2) is 36.7 Å². The molecule has 0 aliphatic carbocycles. The van der Waals surface area contributed by atoms with Crippen molar-refractivity contribution >= 4 is 11.7 Å². The number of benzene rings is 1. The summed E-state index contributed by atoms with van der Waals surface area (Å²) in [5, 5.41) is 12.1. The lowest BCUT2D eigenvalue weighted by molar-refractivity contribution is -0.123. The molecule has 3 rings (SSSR count). The van der Waals surface area contributed by atoms with E-state index in [1.807, 2.05) is 19.1 Å². The molecule has 1 N–H and O–H groups in total. The number of hydrogen-bond acceptors (Lipinski definition) is 7. The van der Waals surface area contributed by atoms with Gasteiger partial charge in [0.1, 0.15) is 17.6 Å². The molecule has 0 atom stereocenters. The maximum Gasteiger partial charge on any atom is 0.257 e. The minimum Gasteiger partial charge on any atom is -0.494 e. The lowest BCUT2D eigenvalue weighted by atomic mass is 9.96. The first-order valence-electron chi connectivity index (χ1n) is 9.78. The highest BCUT2D eigenvalue weighted by Gasteiger charge is 2.22.